The number of nitrogens with one attached hydrogen (secondary N) is 2. The van der Waals surface area contributed by atoms with E-state index in [2.05, 4.69) is 34.9 Å². The monoisotopic (exact) mass is 282 g/mol. The molecule has 110 valence electrons. The van der Waals surface area contributed by atoms with Crippen molar-refractivity contribution < 1.29 is 4.79 Å². The highest BCUT2D eigenvalue weighted by molar-refractivity contribution is 5.95. The first kappa shape index (κ1) is 15.1. The predicted octanol–water partition coefficient (Wildman–Crippen LogP) is 3.48. The van der Waals surface area contributed by atoms with E-state index in [9.17, 15) is 4.79 Å². The maximum absolute atomic E-state index is 11.8. The Morgan fingerprint density at radius 2 is 1.86 bits per heavy atom. The van der Waals surface area contributed by atoms with Gasteiger partial charge < -0.3 is 10.6 Å². The molecule has 3 heteroatoms. The van der Waals surface area contributed by atoms with Gasteiger partial charge in [-0.15, -0.1) is 0 Å². The number of benzene rings is 2. The van der Waals surface area contributed by atoms with Crippen LogP contribution in [0.5, 0.6) is 0 Å². The molecule has 21 heavy (non-hydrogen) atoms. The largest absolute Gasteiger partial charge is 0.385 e. The smallest absolute Gasteiger partial charge is 0.251 e. The summed E-state index contributed by atoms with van der Waals surface area (Å²) < 4.78 is 0. The summed E-state index contributed by atoms with van der Waals surface area (Å²) in [5, 5.41) is 6.18. The van der Waals surface area contributed by atoms with Gasteiger partial charge in [-0.05, 0) is 43.5 Å². The van der Waals surface area contributed by atoms with Crippen LogP contribution >= 0.6 is 0 Å². The average molecular weight is 282 g/mol. The molecule has 0 heterocycles. The number of carbonyl (C=O) groups excluding carboxylic acids is 1. The van der Waals surface area contributed by atoms with Crippen molar-refractivity contribution >= 4 is 11.6 Å². The van der Waals surface area contributed by atoms with Crippen LogP contribution in [0.2, 0.25) is 0 Å². The molecule has 3 nitrogen and oxygen atoms in total. The van der Waals surface area contributed by atoms with Crippen LogP contribution in [-0.2, 0) is 6.42 Å². The van der Waals surface area contributed by atoms with Crippen molar-refractivity contribution in [3.05, 3.63) is 65.7 Å². The average Bonchev–Trinajstić information content (AvgIpc) is 2.53. The van der Waals surface area contributed by atoms with Gasteiger partial charge in [-0.2, -0.15) is 0 Å². The van der Waals surface area contributed by atoms with Gasteiger partial charge in [0.25, 0.3) is 5.91 Å². The Morgan fingerprint density at radius 1 is 1.05 bits per heavy atom. The Labute approximate surface area is 126 Å². The second-order valence-electron chi connectivity index (χ2n) is 4.96. The van der Waals surface area contributed by atoms with Crippen LogP contribution in [0, 0.1) is 0 Å². The molecule has 2 aromatic carbocycles. The molecule has 0 aromatic heterocycles. The van der Waals surface area contributed by atoms with Gasteiger partial charge in [0.15, 0.2) is 0 Å². The quantitative estimate of drug-likeness (QED) is 0.763. The van der Waals surface area contributed by atoms with E-state index in [4.69, 9.17) is 0 Å². The van der Waals surface area contributed by atoms with E-state index in [1.54, 1.807) is 0 Å². The number of hydrogen-bond donors (Lipinski definition) is 2. The van der Waals surface area contributed by atoms with Crippen LogP contribution in [0.3, 0.4) is 0 Å². The van der Waals surface area contributed by atoms with Gasteiger partial charge in [0, 0.05) is 24.3 Å². The summed E-state index contributed by atoms with van der Waals surface area (Å²) in [4.78, 5) is 11.8. The van der Waals surface area contributed by atoms with Crippen LogP contribution in [0.1, 0.15) is 29.3 Å². The topological polar surface area (TPSA) is 41.1 Å². The van der Waals surface area contributed by atoms with Gasteiger partial charge in [0.2, 0.25) is 0 Å². The van der Waals surface area contributed by atoms with E-state index < -0.39 is 0 Å². The number of amides is 1. The Balaban J connectivity index is 1.80. The molecule has 0 aliphatic heterocycles. The number of aryl methyl sites for hydroxylation is 1. The third kappa shape index (κ3) is 4.95. The van der Waals surface area contributed by atoms with Crippen LogP contribution in [0.25, 0.3) is 0 Å². The first-order valence-electron chi connectivity index (χ1n) is 7.45. The number of carbonyl (C=O) groups is 1. The molecule has 0 fully saturated rings. The molecular weight excluding hydrogens is 260 g/mol. The highest BCUT2D eigenvalue weighted by Gasteiger charge is 2.04. The molecule has 2 aromatic rings. The molecule has 0 bridgehead atoms. The second-order valence-corrected chi connectivity index (χ2v) is 4.96. The minimum Gasteiger partial charge on any atom is -0.385 e. The zero-order valence-corrected chi connectivity index (χ0v) is 12.4. The summed E-state index contributed by atoms with van der Waals surface area (Å²) in [5.41, 5.74) is 3.05. The van der Waals surface area contributed by atoms with Crippen LogP contribution in [-0.4, -0.2) is 19.0 Å². The van der Waals surface area contributed by atoms with Crippen molar-refractivity contribution in [1.29, 1.82) is 0 Å². The van der Waals surface area contributed by atoms with Crippen molar-refractivity contribution in [3.63, 3.8) is 0 Å². The van der Waals surface area contributed by atoms with E-state index in [0.717, 1.165) is 25.1 Å². The maximum atomic E-state index is 11.8. The molecule has 0 saturated heterocycles. The van der Waals surface area contributed by atoms with Crippen molar-refractivity contribution in [2.75, 3.05) is 18.4 Å². The fraction of sp³-hybridized carbons (Fsp3) is 0.278. The fourth-order valence-corrected chi connectivity index (χ4v) is 2.20. The minimum absolute atomic E-state index is 0.0227. The van der Waals surface area contributed by atoms with E-state index in [1.165, 1.54) is 5.56 Å². The third-order valence-corrected chi connectivity index (χ3v) is 3.28. The zero-order valence-electron chi connectivity index (χ0n) is 12.4. The van der Waals surface area contributed by atoms with Crippen molar-refractivity contribution in [2.45, 2.75) is 19.8 Å². The summed E-state index contributed by atoms with van der Waals surface area (Å²) in [6, 6.07) is 18.1. The van der Waals surface area contributed by atoms with Gasteiger partial charge in [-0.25, -0.2) is 0 Å². The highest BCUT2D eigenvalue weighted by atomic mass is 16.1. The predicted molar refractivity (Wildman–Crippen MR) is 87.7 cm³/mol. The van der Waals surface area contributed by atoms with Crippen molar-refractivity contribution in [2.24, 2.45) is 0 Å². The summed E-state index contributed by atoms with van der Waals surface area (Å²) in [6.07, 6.45) is 2.12. The van der Waals surface area contributed by atoms with Gasteiger partial charge in [-0.3, -0.25) is 4.79 Å². The first-order chi connectivity index (χ1) is 10.3. The zero-order chi connectivity index (χ0) is 14.9. The summed E-state index contributed by atoms with van der Waals surface area (Å²) in [5.74, 6) is -0.0227. The third-order valence-electron chi connectivity index (χ3n) is 3.28. The second kappa shape index (κ2) is 8.10. The molecular formula is C18H22N2O. The van der Waals surface area contributed by atoms with Crippen molar-refractivity contribution in [3.8, 4) is 0 Å². The lowest BCUT2D eigenvalue weighted by Crippen LogP contribution is -2.22. The lowest BCUT2D eigenvalue weighted by atomic mass is 10.1. The highest BCUT2D eigenvalue weighted by Crippen LogP contribution is 2.11. The lowest BCUT2D eigenvalue weighted by Gasteiger charge is -2.08. The normalized spacial score (nSPS) is 10.1. The minimum atomic E-state index is -0.0227. The molecule has 2 N–H and O–H groups in total. The molecule has 2 rings (SSSR count). The molecule has 0 aliphatic carbocycles. The van der Waals surface area contributed by atoms with Gasteiger partial charge in [0.05, 0.1) is 0 Å². The molecule has 0 spiro atoms. The van der Waals surface area contributed by atoms with Crippen LogP contribution in [0.15, 0.2) is 54.6 Å². The molecule has 0 atom stereocenters. The Bertz CT molecular complexity index is 566. The van der Waals surface area contributed by atoms with Gasteiger partial charge in [-0.1, -0.05) is 36.4 Å². The Kier molecular flexibility index (Phi) is 5.83. The maximum Gasteiger partial charge on any atom is 0.251 e. The molecule has 1 amide bonds. The fourth-order valence-electron chi connectivity index (χ4n) is 2.20. The number of anilines is 1. The first-order valence-corrected chi connectivity index (χ1v) is 7.45. The van der Waals surface area contributed by atoms with E-state index >= 15 is 0 Å². The molecule has 0 unspecified atom stereocenters. The SMILES string of the molecule is CCNC(=O)c1cccc(NCCCc2ccccc2)c1. The summed E-state index contributed by atoms with van der Waals surface area (Å²) >= 11 is 0. The summed E-state index contributed by atoms with van der Waals surface area (Å²) in [6.45, 7) is 3.46. The van der Waals surface area contributed by atoms with Gasteiger partial charge >= 0.3 is 0 Å². The molecule has 0 saturated carbocycles. The number of hydrogen-bond acceptors (Lipinski definition) is 2. The Hall–Kier alpha value is -2.29. The lowest BCUT2D eigenvalue weighted by molar-refractivity contribution is 0.0956. The molecule has 0 radical (unpaired) electrons. The standard InChI is InChI=1S/C18H22N2O/c1-2-19-18(21)16-11-6-12-17(14-16)20-13-7-10-15-8-4-3-5-9-15/h3-6,8-9,11-12,14,20H,2,7,10,13H2,1H3,(H,19,21). The van der Waals surface area contributed by atoms with E-state index in [-0.39, 0.29) is 5.91 Å². The number of rotatable bonds is 7. The van der Waals surface area contributed by atoms with Crippen LogP contribution < -0.4 is 10.6 Å². The summed E-state index contributed by atoms with van der Waals surface area (Å²) in [7, 11) is 0. The van der Waals surface area contributed by atoms with E-state index in [0.29, 0.717) is 12.1 Å². The Morgan fingerprint density at radius 3 is 2.62 bits per heavy atom. The van der Waals surface area contributed by atoms with Crippen molar-refractivity contribution in [1.82, 2.24) is 5.32 Å². The van der Waals surface area contributed by atoms with E-state index in [1.807, 2.05) is 37.3 Å². The molecule has 0 aliphatic rings. The van der Waals surface area contributed by atoms with Crippen LogP contribution in [0.4, 0.5) is 5.69 Å². The van der Waals surface area contributed by atoms with Gasteiger partial charge in [0.1, 0.15) is 0 Å².